The van der Waals surface area contributed by atoms with Gasteiger partial charge in [0.25, 0.3) is 5.22 Å². The van der Waals surface area contributed by atoms with Crippen LogP contribution < -0.4 is 5.32 Å². The molecule has 190 valence electrons. The van der Waals surface area contributed by atoms with Gasteiger partial charge in [0.05, 0.1) is 27.4 Å². The van der Waals surface area contributed by atoms with Crippen molar-refractivity contribution in [2.24, 2.45) is 23.2 Å². The highest BCUT2D eigenvalue weighted by Crippen LogP contribution is 2.61. The maximum Gasteiger partial charge on any atom is 0.277 e. The van der Waals surface area contributed by atoms with Crippen LogP contribution in [-0.2, 0) is 4.79 Å². The number of nitrogens with one attached hydrogen (secondary N) is 1. The molecule has 37 heavy (non-hydrogen) atoms. The molecule has 1 N–H and O–H groups in total. The number of nitrogens with zero attached hydrogens (tertiary/aromatic N) is 3. The minimum absolute atomic E-state index is 0.0438. The Labute approximate surface area is 224 Å². The van der Waals surface area contributed by atoms with E-state index in [-0.39, 0.29) is 17.7 Å². The molecule has 0 unspecified atom stereocenters. The normalized spacial score (nSPS) is 27.0. The van der Waals surface area contributed by atoms with Crippen molar-refractivity contribution >= 4 is 39.9 Å². The molecule has 4 aromatic rings. The number of fused-ring (bicyclic) bond motifs is 1. The molecule has 8 rings (SSSR count). The van der Waals surface area contributed by atoms with Crippen LogP contribution in [-0.4, -0.2) is 32.9 Å². The summed E-state index contributed by atoms with van der Waals surface area (Å²) in [6.45, 7) is 2.22. The number of carbonyl (C=O) groups excluding carboxylic acids is 1. The van der Waals surface area contributed by atoms with E-state index in [0.717, 1.165) is 44.8 Å². The Morgan fingerprint density at radius 3 is 2.59 bits per heavy atom. The van der Waals surface area contributed by atoms with E-state index in [4.69, 9.17) is 9.40 Å². The zero-order chi connectivity index (χ0) is 25.0. The Kier molecular flexibility index (Phi) is 5.85. The summed E-state index contributed by atoms with van der Waals surface area (Å²) in [6, 6.07) is 14.3. The van der Waals surface area contributed by atoms with Gasteiger partial charge >= 0.3 is 0 Å². The molecule has 4 saturated carbocycles. The molecule has 1 atom stereocenters. The number of pyridine rings is 1. The lowest BCUT2D eigenvalue weighted by Crippen LogP contribution is -2.56. The molecular formula is C29H30N4O2S2. The van der Waals surface area contributed by atoms with Crippen LogP contribution in [0, 0.1) is 23.2 Å². The lowest BCUT2D eigenvalue weighted by Gasteiger charge is -2.59. The van der Waals surface area contributed by atoms with Crippen LogP contribution in [0.15, 0.2) is 57.5 Å². The maximum absolute atomic E-state index is 12.9. The number of hydrogen-bond acceptors (Lipinski definition) is 7. The zero-order valence-electron chi connectivity index (χ0n) is 20.9. The Morgan fingerprint density at radius 1 is 1.11 bits per heavy atom. The summed E-state index contributed by atoms with van der Waals surface area (Å²) in [7, 11) is 0. The molecule has 8 heteroatoms. The highest BCUT2D eigenvalue weighted by Gasteiger charge is 2.53. The van der Waals surface area contributed by atoms with Gasteiger partial charge in [0.2, 0.25) is 11.8 Å². The Balaban J connectivity index is 1.05. The molecule has 3 heterocycles. The van der Waals surface area contributed by atoms with Gasteiger partial charge in [0, 0.05) is 11.4 Å². The second-order valence-electron chi connectivity index (χ2n) is 11.3. The third kappa shape index (κ3) is 4.38. The van der Waals surface area contributed by atoms with E-state index >= 15 is 0 Å². The summed E-state index contributed by atoms with van der Waals surface area (Å²) in [5.41, 5.74) is 2.92. The average molecular weight is 531 g/mol. The molecule has 4 aliphatic rings. The van der Waals surface area contributed by atoms with Gasteiger partial charge in [-0.3, -0.25) is 4.79 Å². The average Bonchev–Trinajstić information content (AvgIpc) is 3.59. The Morgan fingerprint density at radius 2 is 1.86 bits per heavy atom. The third-order valence-corrected chi connectivity index (χ3v) is 10.5. The van der Waals surface area contributed by atoms with E-state index in [2.05, 4.69) is 28.5 Å². The zero-order valence-corrected chi connectivity index (χ0v) is 22.5. The number of rotatable bonds is 7. The molecule has 4 fully saturated rings. The van der Waals surface area contributed by atoms with E-state index in [0.29, 0.717) is 16.5 Å². The summed E-state index contributed by atoms with van der Waals surface area (Å²) < 4.78 is 6.04. The quantitative estimate of drug-likeness (QED) is 0.264. The van der Waals surface area contributed by atoms with E-state index < -0.39 is 0 Å². The van der Waals surface area contributed by atoms with Gasteiger partial charge in [0.1, 0.15) is 0 Å². The fraction of sp³-hybridized carbons (Fsp3) is 0.448. The smallest absolute Gasteiger partial charge is 0.277 e. The fourth-order valence-electron chi connectivity index (χ4n) is 7.55. The molecular weight excluding hydrogens is 500 g/mol. The van der Waals surface area contributed by atoms with E-state index in [9.17, 15) is 4.79 Å². The van der Waals surface area contributed by atoms with Gasteiger partial charge in [-0.05, 0) is 92.2 Å². The largest absolute Gasteiger partial charge is 0.411 e. The molecule has 1 amide bonds. The van der Waals surface area contributed by atoms with Gasteiger partial charge in [-0.2, -0.15) is 0 Å². The number of amides is 1. The van der Waals surface area contributed by atoms with Crippen LogP contribution in [0.25, 0.3) is 32.9 Å². The molecule has 6 nitrogen and oxygen atoms in total. The van der Waals surface area contributed by atoms with Crippen molar-refractivity contribution in [3.05, 3.63) is 47.8 Å². The molecule has 0 radical (unpaired) electrons. The SMILES string of the molecule is C[C@H](NC(=O)CSc1nnc(-c2cc(-c3cccs3)nc3ccccc23)o1)C12CC3CC(CC(C3)C1)C2. The molecule has 3 aromatic heterocycles. The van der Waals surface area contributed by atoms with Crippen molar-refractivity contribution in [2.45, 2.75) is 56.7 Å². The second-order valence-corrected chi connectivity index (χ2v) is 13.2. The van der Waals surface area contributed by atoms with Crippen molar-refractivity contribution in [2.75, 3.05) is 5.75 Å². The highest BCUT2D eigenvalue weighted by atomic mass is 32.2. The number of benzene rings is 1. The van der Waals surface area contributed by atoms with Crippen LogP contribution in [0.2, 0.25) is 0 Å². The van der Waals surface area contributed by atoms with Crippen LogP contribution in [0.1, 0.15) is 45.4 Å². The summed E-state index contributed by atoms with van der Waals surface area (Å²) in [5, 5.41) is 15.3. The van der Waals surface area contributed by atoms with E-state index in [1.54, 1.807) is 11.3 Å². The van der Waals surface area contributed by atoms with Gasteiger partial charge < -0.3 is 9.73 Å². The molecule has 0 saturated heterocycles. The Hall–Kier alpha value is -2.71. The summed E-state index contributed by atoms with van der Waals surface area (Å²) in [5.74, 6) is 3.39. The number of thioether (sulfide) groups is 1. The first-order chi connectivity index (χ1) is 18.0. The van der Waals surface area contributed by atoms with Crippen molar-refractivity contribution in [3.63, 3.8) is 0 Å². The number of carbonyl (C=O) groups is 1. The van der Waals surface area contributed by atoms with Gasteiger partial charge in [-0.25, -0.2) is 4.98 Å². The number of para-hydroxylation sites is 1. The maximum atomic E-state index is 12.9. The minimum atomic E-state index is 0.0438. The summed E-state index contributed by atoms with van der Waals surface area (Å²) >= 11 is 2.95. The molecule has 0 aliphatic heterocycles. The van der Waals surface area contributed by atoms with Gasteiger partial charge in [-0.15, -0.1) is 21.5 Å². The predicted octanol–water partition coefficient (Wildman–Crippen LogP) is 6.83. The Bertz CT molecular complexity index is 1410. The molecule has 1 aromatic carbocycles. The summed E-state index contributed by atoms with van der Waals surface area (Å²) in [4.78, 5) is 18.8. The molecule has 4 bridgehead atoms. The number of aromatic nitrogens is 3. The minimum Gasteiger partial charge on any atom is -0.411 e. The lowest BCUT2D eigenvalue weighted by molar-refractivity contribution is -0.123. The first kappa shape index (κ1) is 23.4. The fourth-order valence-corrected chi connectivity index (χ4v) is 8.81. The first-order valence-electron chi connectivity index (χ1n) is 13.2. The van der Waals surface area contributed by atoms with Gasteiger partial charge in [-0.1, -0.05) is 36.0 Å². The molecule has 0 spiro atoms. The van der Waals surface area contributed by atoms with Crippen molar-refractivity contribution in [1.82, 2.24) is 20.5 Å². The van der Waals surface area contributed by atoms with E-state index in [1.165, 1.54) is 50.3 Å². The van der Waals surface area contributed by atoms with Crippen molar-refractivity contribution in [1.29, 1.82) is 0 Å². The number of thiophene rings is 1. The lowest BCUT2D eigenvalue weighted by atomic mass is 9.48. The van der Waals surface area contributed by atoms with Gasteiger partial charge in [0.15, 0.2) is 0 Å². The third-order valence-electron chi connectivity index (χ3n) is 8.84. The van der Waals surface area contributed by atoms with E-state index in [1.807, 2.05) is 41.8 Å². The van der Waals surface area contributed by atoms with Crippen LogP contribution >= 0.6 is 23.1 Å². The van der Waals surface area contributed by atoms with Crippen LogP contribution in [0.4, 0.5) is 0 Å². The van der Waals surface area contributed by atoms with Crippen molar-refractivity contribution in [3.8, 4) is 22.0 Å². The number of hydrogen-bond donors (Lipinski definition) is 1. The van der Waals surface area contributed by atoms with Crippen LogP contribution in [0.5, 0.6) is 0 Å². The topological polar surface area (TPSA) is 80.9 Å². The predicted molar refractivity (Wildman–Crippen MR) is 147 cm³/mol. The highest BCUT2D eigenvalue weighted by molar-refractivity contribution is 7.99. The summed E-state index contributed by atoms with van der Waals surface area (Å²) in [6.07, 6.45) is 8.10. The first-order valence-corrected chi connectivity index (χ1v) is 15.1. The van der Waals surface area contributed by atoms with Crippen LogP contribution in [0.3, 0.4) is 0 Å². The molecule has 4 aliphatic carbocycles. The van der Waals surface area contributed by atoms with Crippen molar-refractivity contribution < 1.29 is 9.21 Å². The standard InChI is InChI=1S/C29H30N4O2S2/c1-17(29-13-18-9-19(14-29)11-20(10-18)15-29)30-26(34)16-37-28-33-32-27(35-28)22-12-24(25-7-4-8-36-25)31-23-6-3-2-5-21(22)23/h2-8,12,17-20H,9-11,13-16H2,1H3,(H,30,34)/t17-,18?,19?,20?,29?/m0/s1. The second kappa shape index (κ2) is 9.24. The monoisotopic (exact) mass is 530 g/mol.